The normalized spacial score (nSPS) is 15.8. The van der Waals surface area contributed by atoms with Gasteiger partial charge in [-0.1, -0.05) is 0 Å². The number of nitrogens with one attached hydrogen (secondary N) is 1. The maximum absolute atomic E-state index is 11.5. The van der Waals surface area contributed by atoms with Gasteiger partial charge in [-0.05, 0) is 13.3 Å². The minimum atomic E-state index is -3.34. The second kappa shape index (κ2) is 7.99. The molecule has 0 radical (unpaired) electrons. The molecule has 0 amide bonds. The summed E-state index contributed by atoms with van der Waals surface area (Å²) in [7, 11) is -0.287. The molecule has 17 heavy (non-hydrogen) atoms. The van der Waals surface area contributed by atoms with Crippen LogP contribution in [0.3, 0.4) is 0 Å². The zero-order valence-electron chi connectivity index (χ0n) is 10.7. The van der Waals surface area contributed by atoms with E-state index in [4.69, 9.17) is 9.47 Å². The van der Waals surface area contributed by atoms with Gasteiger partial charge in [0.15, 0.2) is 0 Å². The molecule has 0 aromatic rings. The number of aliphatic hydroxyl groups is 1. The summed E-state index contributed by atoms with van der Waals surface area (Å²) in [6, 6.07) is 0. The molecule has 104 valence electrons. The largest absolute Gasteiger partial charge is 0.389 e. The van der Waals surface area contributed by atoms with Gasteiger partial charge in [-0.2, -0.15) is 0 Å². The highest BCUT2D eigenvalue weighted by atomic mass is 32.2. The molecular weight excluding hydrogens is 246 g/mol. The number of hydrogen-bond donors (Lipinski definition) is 2. The van der Waals surface area contributed by atoms with Crippen molar-refractivity contribution in [3.63, 3.8) is 0 Å². The van der Waals surface area contributed by atoms with Crippen molar-refractivity contribution < 1.29 is 23.0 Å². The predicted octanol–water partition coefficient (Wildman–Crippen LogP) is -0.270. The molecule has 1 unspecified atom stereocenters. The van der Waals surface area contributed by atoms with E-state index in [1.165, 1.54) is 14.2 Å². The van der Waals surface area contributed by atoms with Crippen molar-refractivity contribution in [1.82, 2.24) is 4.72 Å². The lowest BCUT2D eigenvalue weighted by Gasteiger charge is -2.23. The molecule has 0 aliphatic heterocycles. The molecule has 0 bridgehead atoms. The summed E-state index contributed by atoms with van der Waals surface area (Å²) in [6.07, 6.45) is 0.816. The first-order chi connectivity index (χ1) is 7.83. The van der Waals surface area contributed by atoms with Crippen LogP contribution in [0.4, 0.5) is 0 Å². The van der Waals surface area contributed by atoms with E-state index in [0.717, 1.165) is 0 Å². The molecule has 0 aromatic carbocycles. The second-order valence-corrected chi connectivity index (χ2v) is 6.15. The SMILES string of the molecule is COCCCS(=O)(=O)NCC(C)(O)CCOC. The Hall–Kier alpha value is -0.210. The van der Waals surface area contributed by atoms with Gasteiger partial charge in [0.2, 0.25) is 10.0 Å². The third-order valence-corrected chi connectivity index (χ3v) is 3.69. The van der Waals surface area contributed by atoms with Crippen LogP contribution in [0, 0.1) is 0 Å². The summed E-state index contributed by atoms with van der Waals surface area (Å²) in [5.41, 5.74) is -1.09. The van der Waals surface area contributed by atoms with Crippen LogP contribution >= 0.6 is 0 Å². The average molecular weight is 269 g/mol. The van der Waals surface area contributed by atoms with E-state index < -0.39 is 15.6 Å². The second-order valence-electron chi connectivity index (χ2n) is 4.23. The van der Waals surface area contributed by atoms with Gasteiger partial charge in [0.05, 0.1) is 11.4 Å². The molecular formula is C10H23NO5S. The Morgan fingerprint density at radius 3 is 2.35 bits per heavy atom. The average Bonchev–Trinajstić information content (AvgIpc) is 2.25. The van der Waals surface area contributed by atoms with Gasteiger partial charge in [-0.25, -0.2) is 13.1 Å². The van der Waals surface area contributed by atoms with Crippen LogP contribution < -0.4 is 4.72 Å². The highest BCUT2D eigenvalue weighted by Crippen LogP contribution is 2.08. The van der Waals surface area contributed by atoms with Gasteiger partial charge >= 0.3 is 0 Å². The molecule has 1 atom stereocenters. The smallest absolute Gasteiger partial charge is 0.211 e. The highest BCUT2D eigenvalue weighted by molar-refractivity contribution is 7.89. The van der Waals surface area contributed by atoms with E-state index in [-0.39, 0.29) is 12.3 Å². The predicted molar refractivity (Wildman–Crippen MR) is 65.4 cm³/mol. The summed E-state index contributed by atoms with van der Waals surface area (Å²) in [5, 5.41) is 9.85. The Bertz CT molecular complexity index is 289. The first-order valence-electron chi connectivity index (χ1n) is 5.50. The van der Waals surface area contributed by atoms with Crippen molar-refractivity contribution in [3.05, 3.63) is 0 Å². The quantitative estimate of drug-likeness (QED) is 0.533. The van der Waals surface area contributed by atoms with Gasteiger partial charge < -0.3 is 14.6 Å². The maximum atomic E-state index is 11.5. The minimum Gasteiger partial charge on any atom is -0.389 e. The van der Waals surface area contributed by atoms with E-state index >= 15 is 0 Å². The molecule has 0 fully saturated rings. The number of ether oxygens (including phenoxy) is 2. The number of sulfonamides is 1. The van der Waals surface area contributed by atoms with Crippen LogP contribution in [0.15, 0.2) is 0 Å². The van der Waals surface area contributed by atoms with E-state index in [0.29, 0.717) is 26.1 Å². The fourth-order valence-electron chi connectivity index (χ4n) is 1.14. The lowest BCUT2D eigenvalue weighted by atomic mass is 10.0. The zero-order valence-corrected chi connectivity index (χ0v) is 11.5. The molecule has 0 aromatic heterocycles. The van der Waals surface area contributed by atoms with Crippen molar-refractivity contribution in [2.75, 3.05) is 39.7 Å². The molecule has 7 heteroatoms. The van der Waals surface area contributed by atoms with Crippen LogP contribution in [0.5, 0.6) is 0 Å². The first kappa shape index (κ1) is 16.8. The zero-order chi connectivity index (χ0) is 13.4. The fraction of sp³-hybridized carbons (Fsp3) is 1.00. The number of hydrogen-bond acceptors (Lipinski definition) is 5. The Balaban J connectivity index is 3.99. The lowest BCUT2D eigenvalue weighted by molar-refractivity contribution is 0.0292. The van der Waals surface area contributed by atoms with Crippen molar-refractivity contribution >= 4 is 10.0 Å². The van der Waals surface area contributed by atoms with Crippen molar-refractivity contribution in [2.45, 2.75) is 25.4 Å². The Kier molecular flexibility index (Phi) is 7.89. The van der Waals surface area contributed by atoms with Crippen LogP contribution in [0.25, 0.3) is 0 Å². The van der Waals surface area contributed by atoms with Crippen LogP contribution in [-0.4, -0.2) is 58.9 Å². The number of rotatable bonds is 10. The molecule has 0 saturated heterocycles. The van der Waals surface area contributed by atoms with Gasteiger partial charge in [0, 0.05) is 40.4 Å². The van der Waals surface area contributed by atoms with E-state index in [1.807, 2.05) is 0 Å². The van der Waals surface area contributed by atoms with Gasteiger partial charge in [0.1, 0.15) is 0 Å². The van der Waals surface area contributed by atoms with Crippen LogP contribution in [0.2, 0.25) is 0 Å². The van der Waals surface area contributed by atoms with E-state index in [2.05, 4.69) is 4.72 Å². The summed E-state index contributed by atoms with van der Waals surface area (Å²) >= 11 is 0. The van der Waals surface area contributed by atoms with E-state index in [9.17, 15) is 13.5 Å². The standard InChI is InChI=1S/C10H23NO5S/c1-10(12,5-7-16-3)9-11-17(13,14)8-4-6-15-2/h11-12H,4-9H2,1-3H3. The summed E-state index contributed by atoms with van der Waals surface area (Å²) < 4.78 is 35.0. The van der Waals surface area contributed by atoms with Crippen molar-refractivity contribution in [3.8, 4) is 0 Å². The molecule has 0 saturated carbocycles. The minimum absolute atomic E-state index is 0.00119. The Labute approximate surface area is 103 Å². The van der Waals surface area contributed by atoms with E-state index in [1.54, 1.807) is 6.92 Å². The van der Waals surface area contributed by atoms with Gasteiger partial charge in [-0.15, -0.1) is 0 Å². The summed E-state index contributed by atoms with van der Waals surface area (Å²) in [4.78, 5) is 0. The molecule has 6 nitrogen and oxygen atoms in total. The molecule has 0 rings (SSSR count). The topological polar surface area (TPSA) is 84.9 Å². The van der Waals surface area contributed by atoms with Crippen LogP contribution in [0.1, 0.15) is 19.8 Å². The third-order valence-electron chi connectivity index (χ3n) is 2.28. The number of methoxy groups -OCH3 is 2. The molecule has 0 aliphatic rings. The first-order valence-corrected chi connectivity index (χ1v) is 7.16. The monoisotopic (exact) mass is 269 g/mol. The van der Waals surface area contributed by atoms with Crippen LogP contribution in [-0.2, 0) is 19.5 Å². The summed E-state index contributed by atoms with van der Waals surface area (Å²) in [6.45, 7) is 2.36. The summed E-state index contributed by atoms with van der Waals surface area (Å²) in [5.74, 6) is 0.00119. The highest BCUT2D eigenvalue weighted by Gasteiger charge is 2.22. The fourth-order valence-corrected chi connectivity index (χ4v) is 2.31. The Morgan fingerprint density at radius 2 is 1.82 bits per heavy atom. The van der Waals surface area contributed by atoms with Crippen molar-refractivity contribution in [1.29, 1.82) is 0 Å². The van der Waals surface area contributed by atoms with Crippen molar-refractivity contribution in [2.24, 2.45) is 0 Å². The third kappa shape index (κ3) is 9.49. The molecule has 0 heterocycles. The Morgan fingerprint density at radius 1 is 1.24 bits per heavy atom. The molecule has 2 N–H and O–H groups in total. The lowest BCUT2D eigenvalue weighted by Crippen LogP contribution is -2.42. The molecule has 0 spiro atoms. The van der Waals surface area contributed by atoms with Gasteiger partial charge in [0.25, 0.3) is 0 Å². The molecule has 0 aliphatic carbocycles. The maximum Gasteiger partial charge on any atom is 0.211 e. The van der Waals surface area contributed by atoms with Gasteiger partial charge in [-0.3, -0.25) is 0 Å².